The normalized spacial score (nSPS) is 16.1. The molecule has 2 N–H and O–H groups in total. The van der Waals surface area contributed by atoms with Gasteiger partial charge in [0.2, 0.25) is 0 Å². The third kappa shape index (κ3) is 4.74. The zero-order chi connectivity index (χ0) is 19.1. The number of carbonyl (C=O) groups is 1. The SMILES string of the molecule is N#CB1CCOC(CNc2cc(Nc3cnc(C#N)cn3)nnc2C=O)C1. The number of carbonyl (C=O) groups excluding carboxylic acids is 1. The van der Waals surface area contributed by atoms with Crippen molar-refractivity contribution in [2.75, 3.05) is 23.8 Å². The van der Waals surface area contributed by atoms with Crippen LogP contribution in [0.1, 0.15) is 16.2 Å². The highest BCUT2D eigenvalue weighted by Gasteiger charge is 2.26. The van der Waals surface area contributed by atoms with Gasteiger partial charge in [-0.1, -0.05) is 0 Å². The molecule has 0 bridgehead atoms. The molecule has 1 aliphatic heterocycles. The van der Waals surface area contributed by atoms with Crippen molar-refractivity contribution in [3.63, 3.8) is 0 Å². The van der Waals surface area contributed by atoms with Crippen LogP contribution in [0.5, 0.6) is 0 Å². The van der Waals surface area contributed by atoms with Crippen molar-refractivity contribution >= 4 is 30.3 Å². The van der Waals surface area contributed by atoms with E-state index in [0.717, 1.165) is 6.32 Å². The van der Waals surface area contributed by atoms with Crippen molar-refractivity contribution in [2.45, 2.75) is 18.7 Å². The van der Waals surface area contributed by atoms with Crippen LogP contribution in [0.2, 0.25) is 12.6 Å². The summed E-state index contributed by atoms with van der Waals surface area (Å²) in [5, 5.41) is 31.7. The van der Waals surface area contributed by atoms with Crippen LogP contribution in [0.3, 0.4) is 0 Å². The molecule has 3 heterocycles. The maximum atomic E-state index is 11.2. The molecule has 3 rings (SSSR count). The summed E-state index contributed by atoms with van der Waals surface area (Å²) in [6.07, 6.45) is 4.62. The highest BCUT2D eigenvalue weighted by Crippen LogP contribution is 2.20. The molecule has 0 spiro atoms. The van der Waals surface area contributed by atoms with Gasteiger partial charge in [0.25, 0.3) is 6.71 Å². The van der Waals surface area contributed by atoms with E-state index >= 15 is 0 Å². The van der Waals surface area contributed by atoms with Crippen LogP contribution in [0.25, 0.3) is 0 Å². The van der Waals surface area contributed by atoms with Gasteiger partial charge in [-0.05, 0) is 12.6 Å². The summed E-state index contributed by atoms with van der Waals surface area (Å²) < 4.78 is 5.65. The lowest BCUT2D eigenvalue weighted by molar-refractivity contribution is 0.0756. The molecule has 1 aliphatic rings. The number of hydrogen-bond acceptors (Lipinski definition) is 10. The van der Waals surface area contributed by atoms with Crippen molar-refractivity contribution in [3.8, 4) is 12.0 Å². The first-order valence-electron chi connectivity index (χ1n) is 8.29. The predicted molar refractivity (Wildman–Crippen MR) is 96.7 cm³/mol. The smallest absolute Gasteiger partial charge is 0.272 e. The summed E-state index contributed by atoms with van der Waals surface area (Å²) in [5.74, 6) is 3.02. The zero-order valence-corrected chi connectivity index (χ0v) is 14.3. The number of aldehydes is 1. The van der Waals surface area contributed by atoms with E-state index in [1.807, 2.05) is 6.07 Å². The van der Waals surface area contributed by atoms with E-state index in [0.29, 0.717) is 43.1 Å². The molecule has 0 amide bonds. The van der Waals surface area contributed by atoms with Crippen molar-refractivity contribution in [1.82, 2.24) is 20.2 Å². The average molecular weight is 362 g/mol. The van der Waals surface area contributed by atoms with Gasteiger partial charge in [-0.25, -0.2) is 15.2 Å². The fourth-order valence-corrected chi connectivity index (χ4v) is 2.64. The quantitative estimate of drug-likeness (QED) is 0.564. The van der Waals surface area contributed by atoms with E-state index in [9.17, 15) is 4.79 Å². The van der Waals surface area contributed by atoms with E-state index in [4.69, 9.17) is 15.3 Å². The summed E-state index contributed by atoms with van der Waals surface area (Å²) in [5.41, 5.74) is 0.860. The van der Waals surface area contributed by atoms with Crippen LogP contribution in [-0.4, -0.2) is 52.4 Å². The van der Waals surface area contributed by atoms with E-state index in [1.165, 1.54) is 12.4 Å². The number of aromatic nitrogens is 4. The first-order chi connectivity index (χ1) is 13.2. The molecule has 0 aliphatic carbocycles. The van der Waals surface area contributed by atoms with Crippen LogP contribution in [0.4, 0.5) is 17.3 Å². The molecule has 134 valence electrons. The van der Waals surface area contributed by atoms with E-state index in [1.54, 1.807) is 6.07 Å². The molecule has 1 unspecified atom stereocenters. The fraction of sp³-hybridized carbons (Fsp3) is 0.312. The highest BCUT2D eigenvalue weighted by molar-refractivity contribution is 6.67. The van der Waals surface area contributed by atoms with Gasteiger partial charge in [0.05, 0.1) is 24.2 Å². The minimum Gasteiger partial charge on any atom is -0.380 e. The Morgan fingerprint density at radius 1 is 1.30 bits per heavy atom. The molecule has 0 radical (unpaired) electrons. The second kappa shape index (κ2) is 8.69. The molecule has 27 heavy (non-hydrogen) atoms. The van der Waals surface area contributed by atoms with E-state index in [-0.39, 0.29) is 24.2 Å². The second-order valence-corrected chi connectivity index (χ2v) is 5.89. The fourth-order valence-electron chi connectivity index (χ4n) is 2.64. The molecule has 11 heteroatoms. The van der Waals surface area contributed by atoms with Crippen molar-refractivity contribution < 1.29 is 9.53 Å². The molecule has 10 nitrogen and oxygen atoms in total. The minimum absolute atomic E-state index is 0.0150. The standard InChI is InChI=1S/C16H15BN8O2/c18-5-11-6-22-16(8-20-11)23-15-3-13(14(9-26)24-25-15)21-7-12-4-17(10-19)1-2-27-12/h3,6,8-9,12H,1-2,4,7H2,(H2,21,22,23,25). The molecule has 0 aromatic carbocycles. The lowest BCUT2D eigenvalue weighted by Crippen LogP contribution is -2.34. The molecule has 1 atom stereocenters. The van der Waals surface area contributed by atoms with Gasteiger partial charge in [-0.2, -0.15) is 5.26 Å². The maximum Gasteiger partial charge on any atom is 0.272 e. The molecule has 1 fully saturated rings. The Bertz CT molecular complexity index is 893. The summed E-state index contributed by atoms with van der Waals surface area (Å²) in [4.78, 5) is 19.2. The number of nitriles is 2. The molecule has 1 saturated heterocycles. The third-order valence-corrected chi connectivity index (χ3v) is 4.03. The first kappa shape index (κ1) is 18.2. The Labute approximate surface area is 155 Å². The van der Waals surface area contributed by atoms with Gasteiger partial charge < -0.3 is 15.4 Å². The number of nitrogens with zero attached hydrogens (tertiary/aromatic N) is 6. The van der Waals surface area contributed by atoms with E-state index < -0.39 is 0 Å². The number of ether oxygens (including phenoxy) is 1. The number of anilines is 3. The van der Waals surface area contributed by atoms with Gasteiger partial charge in [0.1, 0.15) is 17.6 Å². The van der Waals surface area contributed by atoms with Crippen LogP contribution in [0, 0.1) is 22.6 Å². The topological polar surface area (TPSA) is 150 Å². The third-order valence-electron chi connectivity index (χ3n) is 4.03. The summed E-state index contributed by atoms with van der Waals surface area (Å²) in [7, 11) is 0. The van der Waals surface area contributed by atoms with Gasteiger partial charge >= 0.3 is 0 Å². The van der Waals surface area contributed by atoms with Crippen LogP contribution < -0.4 is 10.6 Å². The predicted octanol–water partition coefficient (Wildman–Crippen LogP) is 1.06. The minimum atomic E-state index is -0.114. The zero-order valence-electron chi connectivity index (χ0n) is 14.3. The molecule has 2 aromatic heterocycles. The van der Waals surface area contributed by atoms with Crippen LogP contribution >= 0.6 is 0 Å². The highest BCUT2D eigenvalue weighted by atomic mass is 16.5. The molecule has 2 aromatic rings. The van der Waals surface area contributed by atoms with Crippen molar-refractivity contribution in [3.05, 3.63) is 29.8 Å². The van der Waals surface area contributed by atoms with Gasteiger partial charge in [0, 0.05) is 25.2 Å². The van der Waals surface area contributed by atoms with E-state index in [2.05, 4.69) is 36.8 Å². The Morgan fingerprint density at radius 3 is 2.89 bits per heavy atom. The number of nitrogens with one attached hydrogen (secondary N) is 2. The Hall–Kier alpha value is -3.57. The Balaban J connectivity index is 1.68. The maximum absolute atomic E-state index is 11.2. The van der Waals surface area contributed by atoms with Crippen molar-refractivity contribution in [2.24, 2.45) is 0 Å². The van der Waals surface area contributed by atoms with Crippen LogP contribution in [-0.2, 0) is 4.74 Å². The first-order valence-corrected chi connectivity index (χ1v) is 8.29. The molecule has 0 saturated carbocycles. The monoisotopic (exact) mass is 362 g/mol. The summed E-state index contributed by atoms with van der Waals surface area (Å²) in [6.45, 7) is 0.976. The Kier molecular flexibility index (Phi) is 5.87. The lowest BCUT2D eigenvalue weighted by Gasteiger charge is -2.25. The van der Waals surface area contributed by atoms with Gasteiger partial charge in [0.15, 0.2) is 17.8 Å². The number of hydrogen-bond donors (Lipinski definition) is 2. The van der Waals surface area contributed by atoms with Gasteiger partial charge in [-0.15, -0.1) is 10.2 Å². The second-order valence-electron chi connectivity index (χ2n) is 5.89. The average Bonchev–Trinajstić information content (AvgIpc) is 2.73. The Morgan fingerprint density at radius 2 is 2.19 bits per heavy atom. The molecular formula is C16H15BN8O2. The largest absolute Gasteiger partial charge is 0.380 e. The summed E-state index contributed by atoms with van der Waals surface area (Å²) >= 11 is 0. The van der Waals surface area contributed by atoms with Crippen LogP contribution in [0.15, 0.2) is 18.5 Å². The van der Waals surface area contributed by atoms with Gasteiger partial charge in [-0.3, -0.25) is 4.79 Å². The molecular weight excluding hydrogens is 347 g/mol. The lowest BCUT2D eigenvalue weighted by atomic mass is 9.45. The van der Waals surface area contributed by atoms with Crippen molar-refractivity contribution in [1.29, 1.82) is 10.5 Å². The number of rotatable bonds is 6. The summed E-state index contributed by atoms with van der Waals surface area (Å²) in [6, 6.07) is 3.51.